The third-order valence-electron chi connectivity index (χ3n) is 8.24. The lowest BCUT2D eigenvalue weighted by molar-refractivity contribution is -0.135. The van der Waals surface area contributed by atoms with Crippen LogP contribution in [-0.2, 0) is 45.7 Å². The van der Waals surface area contributed by atoms with Crippen molar-refractivity contribution in [3.8, 4) is 0 Å². The molecule has 3 aliphatic heterocycles. The number of rotatable bonds is 19. The second kappa shape index (κ2) is 17.4. The van der Waals surface area contributed by atoms with Gasteiger partial charge >= 0.3 is 35.5 Å². The normalized spacial score (nSPS) is 28.7. The Morgan fingerprint density at radius 3 is 2.51 bits per heavy atom. The van der Waals surface area contributed by atoms with Crippen molar-refractivity contribution < 1.29 is 75.4 Å². The molecule has 28 heteroatoms. The zero-order valence-corrected chi connectivity index (χ0v) is 31.1. The number of ether oxygens (including phenoxy) is 1. The van der Waals surface area contributed by atoms with Gasteiger partial charge in [-0.1, -0.05) is 6.42 Å². The number of phosphoric acid groups is 3. The van der Waals surface area contributed by atoms with Crippen molar-refractivity contribution >= 4 is 70.1 Å². The van der Waals surface area contributed by atoms with Crippen molar-refractivity contribution in [2.24, 2.45) is 0 Å². The van der Waals surface area contributed by atoms with Crippen molar-refractivity contribution in [3.63, 3.8) is 0 Å². The molecule has 0 aromatic carbocycles. The van der Waals surface area contributed by atoms with Crippen LogP contribution in [0.5, 0.6) is 0 Å². The summed E-state index contributed by atoms with van der Waals surface area (Å²) < 4.78 is 60.2. The zero-order chi connectivity index (χ0) is 38.6. The van der Waals surface area contributed by atoms with E-state index in [1.807, 2.05) is 0 Å². The number of carbonyl (C=O) groups excluding carboxylic acids is 3. The number of nitrogen functional groups attached to an aromatic ring is 1. The summed E-state index contributed by atoms with van der Waals surface area (Å²) in [4.78, 5) is 76.9. The lowest BCUT2D eigenvalue weighted by atomic mass is 10.0. The number of aliphatic hydroxyl groups is 2. The number of hydrogen-bond donors (Lipinski definition) is 9. The number of amides is 3. The first-order valence-corrected chi connectivity index (χ1v) is 21.6. The fourth-order valence-corrected chi connectivity index (χ4v) is 10.8. The van der Waals surface area contributed by atoms with Gasteiger partial charge in [-0.05, 0) is 25.7 Å². The van der Waals surface area contributed by atoms with Crippen molar-refractivity contribution in [3.05, 3.63) is 12.7 Å². The van der Waals surface area contributed by atoms with Crippen LogP contribution in [-0.4, -0.2) is 117 Å². The summed E-state index contributed by atoms with van der Waals surface area (Å²) in [6, 6.07) is 0.0777. The zero-order valence-electron chi connectivity index (χ0n) is 27.6. The van der Waals surface area contributed by atoms with Crippen LogP contribution >= 0.6 is 35.2 Å². The van der Waals surface area contributed by atoms with E-state index in [-0.39, 0.29) is 66.8 Å². The lowest BCUT2D eigenvalue weighted by Gasteiger charge is -2.20. The number of fused-ring (bicyclic) bond motifs is 2. The summed E-state index contributed by atoms with van der Waals surface area (Å²) in [5.74, 6) is -0.654. The third kappa shape index (κ3) is 11.2. The Morgan fingerprint density at radius 1 is 1.00 bits per heavy atom. The topological polar surface area (TPSA) is 355 Å². The summed E-state index contributed by atoms with van der Waals surface area (Å²) in [7, 11) is -17.2. The molecular formula is C25H39N8O16P3S. The maximum atomic E-state index is 12.4. The molecule has 0 radical (unpaired) electrons. The molecule has 0 saturated carbocycles. The minimum Gasteiger partial charge on any atom is -0.387 e. The van der Waals surface area contributed by atoms with Crippen molar-refractivity contribution in [1.29, 1.82) is 0 Å². The molecule has 53 heavy (non-hydrogen) atoms. The molecule has 296 valence electrons. The molecule has 3 aliphatic rings. The van der Waals surface area contributed by atoms with E-state index in [4.69, 9.17) is 10.5 Å². The van der Waals surface area contributed by atoms with E-state index in [9.17, 15) is 53.0 Å². The highest BCUT2D eigenvalue weighted by atomic mass is 32.2. The van der Waals surface area contributed by atoms with Gasteiger partial charge in [0.05, 0.1) is 25.0 Å². The molecule has 2 aromatic rings. The first-order valence-electron chi connectivity index (χ1n) is 16.1. The number of anilines is 1. The van der Waals surface area contributed by atoms with Crippen LogP contribution in [0.15, 0.2) is 12.7 Å². The molecule has 5 heterocycles. The van der Waals surface area contributed by atoms with Crippen LogP contribution in [0.4, 0.5) is 10.6 Å². The van der Waals surface area contributed by atoms with Crippen molar-refractivity contribution in [1.82, 2.24) is 35.5 Å². The van der Waals surface area contributed by atoms with E-state index < -0.39 is 67.0 Å². The molecule has 3 saturated heterocycles. The molecule has 0 bridgehead atoms. The molecule has 3 fully saturated rings. The number of phosphoric ester groups is 2. The molecule has 2 aromatic heterocycles. The quantitative estimate of drug-likeness (QED) is 0.0508. The van der Waals surface area contributed by atoms with E-state index in [0.29, 0.717) is 11.7 Å². The number of aliphatic hydroxyl groups excluding tert-OH is 2. The molecular weight excluding hydrogens is 793 g/mol. The number of nitrogens with zero attached hydrogens (tertiary/aromatic N) is 4. The van der Waals surface area contributed by atoms with Gasteiger partial charge < -0.3 is 50.9 Å². The van der Waals surface area contributed by atoms with Gasteiger partial charge in [0.1, 0.15) is 30.2 Å². The fourth-order valence-electron chi connectivity index (χ4n) is 5.80. The SMILES string of the molecule is Nc1ncnc2c1ncn2[C@@H]1O[C@H](COP(=O)(O)OP(=O)(O)OP(=O)(O)OC(=O)CCCCNC(=O)CCCC[C@@H]2SC[C@@H]3NC(=O)N[C@@H]32)C(O)[C@@H]1O. The monoisotopic (exact) mass is 832 g/mol. The standard InChI is InChI=1S/C25H39N8O16P3S/c26-22-19-23(29-11-28-22)33(12-30-19)24-21(37)20(36)14(46-24)9-45-50(39,40)48-52(43,44)49-51(41,42)47-17(35)7-3-4-8-27-16(34)6-2-1-5-15-18-13(10-53-15)31-25(38)32-18/h11-15,18,20-21,24,36-37H,1-10H2,(H,27,34)(H,39,40)(H,41,42)(H,43,44)(H2,26,28,29)(H2,31,32,38)/t13-,14+,15-,18-,20?,21-,24+/m0/s1. The van der Waals surface area contributed by atoms with Crippen LogP contribution in [0, 0.1) is 0 Å². The maximum Gasteiger partial charge on any atom is 0.538 e. The minimum absolute atomic E-state index is 0.0202. The number of thioether (sulfide) groups is 1. The molecule has 10 N–H and O–H groups in total. The number of carbonyl (C=O) groups is 3. The van der Waals surface area contributed by atoms with E-state index in [1.54, 1.807) is 11.8 Å². The van der Waals surface area contributed by atoms with Gasteiger partial charge in [0, 0.05) is 30.4 Å². The van der Waals surface area contributed by atoms with Crippen LogP contribution < -0.4 is 21.7 Å². The van der Waals surface area contributed by atoms with E-state index >= 15 is 0 Å². The van der Waals surface area contributed by atoms with E-state index in [0.717, 1.165) is 24.9 Å². The van der Waals surface area contributed by atoms with Gasteiger partial charge in [-0.2, -0.15) is 20.4 Å². The predicted octanol–water partition coefficient (Wildman–Crippen LogP) is -0.0658. The number of hydrogen-bond acceptors (Lipinski definition) is 18. The van der Waals surface area contributed by atoms with Crippen molar-refractivity contribution in [2.75, 3.05) is 24.6 Å². The summed E-state index contributed by atoms with van der Waals surface area (Å²) in [5, 5.41) is 29.7. The van der Waals surface area contributed by atoms with Gasteiger partial charge in [0.25, 0.3) is 0 Å². The van der Waals surface area contributed by atoms with Crippen LogP contribution in [0.3, 0.4) is 0 Å². The Bertz CT molecular complexity index is 1810. The van der Waals surface area contributed by atoms with Gasteiger partial charge in [0.2, 0.25) is 5.91 Å². The Hall–Kier alpha value is -2.76. The lowest BCUT2D eigenvalue weighted by Crippen LogP contribution is -2.36. The second-order valence-electron chi connectivity index (χ2n) is 12.1. The predicted molar refractivity (Wildman–Crippen MR) is 180 cm³/mol. The van der Waals surface area contributed by atoms with Gasteiger partial charge in [-0.3, -0.25) is 23.6 Å². The molecule has 0 spiro atoms. The Labute approximate surface area is 304 Å². The number of nitrogens with two attached hydrogens (primary N) is 1. The summed E-state index contributed by atoms with van der Waals surface area (Å²) in [6.07, 6.45) is -1.44. The number of aromatic nitrogens is 4. The average Bonchev–Trinajstić information content (AvgIpc) is 3.81. The molecule has 4 unspecified atom stereocenters. The van der Waals surface area contributed by atoms with Crippen molar-refractivity contribution in [2.45, 2.75) is 86.8 Å². The minimum atomic E-state index is -5.93. The van der Waals surface area contributed by atoms with Crippen LogP contribution in [0.2, 0.25) is 0 Å². The largest absolute Gasteiger partial charge is 0.538 e. The molecule has 5 rings (SSSR count). The maximum absolute atomic E-state index is 12.4. The van der Waals surface area contributed by atoms with E-state index in [2.05, 4.69) is 48.6 Å². The first-order chi connectivity index (χ1) is 24.9. The highest BCUT2D eigenvalue weighted by Crippen LogP contribution is 2.67. The Kier molecular flexibility index (Phi) is 13.6. The average molecular weight is 833 g/mol. The van der Waals surface area contributed by atoms with Crippen LogP contribution in [0.1, 0.15) is 51.2 Å². The number of urea groups is 1. The smallest absolute Gasteiger partial charge is 0.387 e. The van der Waals surface area contributed by atoms with Gasteiger partial charge in [-0.15, -0.1) is 0 Å². The first kappa shape index (κ1) is 41.4. The van der Waals surface area contributed by atoms with Crippen LogP contribution in [0.25, 0.3) is 11.2 Å². The summed E-state index contributed by atoms with van der Waals surface area (Å²) in [6.45, 7) is -0.823. The number of imidazole rings is 1. The molecule has 3 amide bonds. The van der Waals surface area contributed by atoms with E-state index in [1.165, 1.54) is 10.9 Å². The number of nitrogens with one attached hydrogen (secondary N) is 3. The third-order valence-corrected chi connectivity index (χ3v) is 14.0. The second-order valence-corrected chi connectivity index (χ2v) is 18.0. The summed E-state index contributed by atoms with van der Waals surface area (Å²) >= 11 is 1.79. The Balaban J connectivity index is 0.960. The van der Waals surface area contributed by atoms with Gasteiger partial charge in [0.15, 0.2) is 17.7 Å². The Morgan fingerprint density at radius 2 is 1.74 bits per heavy atom. The molecule has 10 atom stereocenters. The number of unbranched alkanes of at least 4 members (excludes halogenated alkanes) is 2. The molecule has 0 aliphatic carbocycles. The molecule has 24 nitrogen and oxygen atoms in total. The summed E-state index contributed by atoms with van der Waals surface area (Å²) in [5.41, 5.74) is 6.02. The highest BCUT2D eigenvalue weighted by Gasteiger charge is 2.48. The van der Waals surface area contributed by atoms with Gasteiger partial charge in [-0.25, -0.2) is 33.4 Å². The highest BCUT2D eigenvalue weighted by molar-refractivity contribution is 8.00. The fraction of sp³-hybridized carbons (Fsp3) is 0.680.